The quantitative estimate of drug-likeness (QED) is 0.891. The molecule has 1 unspecified atom stereocenters. The molecule has 0 saturated heterocycles. The molecule has 2 rings (SSSR count). The first-order valence-corrected chi connectivity index (χ1v) is 6.37. The molecule has 106 valence electrons. The van der Waals surface area contributed by atoms with Crippen LogP contribution in [0.25, 0.3) is 0 Å². The molecule has 4 heteroatoms. The number of benzene rings is 2. The smallest absolute Gasteiger partial charge is 0.132 e. The second kappa shape index (κ2) is 5.90. The van der Waals surface area contributed by atoms with Crippen LogP contribution in [0, 0.1) is 18.6 Å². The number of methoxy groups -OCH3 is 1. The van der Waals surface area contributed by atoms with E-state index in [2.05, 4.69) is 5.32 Å². The summed E-state index contributed by atoms with van der Waals surface area (Å²) < 4.78 is 32.5. The van der Waals surface area contributed by atoms with Gasteiger partial charge in [0.05, 0.1) is 18.7 Å². The van der Waals surface area contributed by atoms with E-state index in [-0.39, 0.29) is 17.7 Å². The van der Waals surface area contributed by atoms with Gasteiger partial charge < -0.3 is 10.1 Å². The van der Waals surface area contributed by atoms with Gasteiger partial charge in [-0.05, 0) is 49.7 Å². The SMILES string of the molecule is COc1cccc(F)c1C(C)Nc1cc(C)cc(F)c1. The first kappa shape index (κ1) is 14.3. The molecule has 1 N–H and O–H groups in total. The summed E-state index contributed by atoms with van der Waals surface area (Å²) in [6.07, 6.45) is 0. The number of hydrogen-bond acceptors (Lipinski definition) is 2. The molecular formula is C16H17F2NO. The first-order valence-electron chi connectivity index (χ1n) is 6.37. The average molecular weight is 277 g/mol. The minimum absolute atomic E-state index is 0.319. The Morgan fingerprint density at radius 1 is 1.15 bits per heavy atom. The van der Waals surface area contributed by atoms with E-state index in [0.717, 1.165) is 5.56 Å². The number of halogens is 2. The Bertz CT molecular complexity index is 593. The van der Waals surface area contributed by atoms with Crippen LogP contribution >= 0.6 is 0 Å². The van der Waals surface area contributed by atoms with Crippen molar-refractivity contribution in [1.29, 1.82) is 0 Å². The molecule has 1 atom stereocenters. The summed E-state index contributed by atoms with van der Waals surface area (Å²) in [5.74, 6) is -0.198. The second-order valence-corrected chi connectivity index (χ2v) is 4.74. The van der Waals surface area contributed by atoms with E-state index in [1.54, 1.807) is 19.1 Å². The standard InChI is InChI=1S/C16H17F2NO/c1-10-7-12(17)9-13(8-10)19-11(2)16-14(18)5-4-6-15(16)20-3/h4-9,11,19H,1-3H3. The fourth-order valence-electron chi connectivity index (χ4n) is 2.26. The van der Waals surface area contributed by atoms with Crippen LogP contribution in [0.15, 0.2) is 36.4 Å². The Morgan fingerprint density at radius 3 is 2.55 bits per heavy atom. The van der Waals surface area contributed by atoms with Gasteiger partial charge in [0, 0.05) is 5.69 Å². The Labute approximate surface area is 117 Å². The highest BCUT2D eigenvalue weighted by Crippen LogP contribution is 2.30. The second-order valence-electron chi connectivity index (χ2n) is 4.74. The summed E-state index contributed by atoms with van der Waals surface area (Å²) in [6, 6.07) is 8.98. The van der Waals surface area contributed by atoms with Crippen LogP contribution in [-0.2, 0) is 0 Å². The van der Waals surface area contributed by atoms with E-state index in [1.807, 2.05) is 13.0 Å². The van der Waals surface area contributed by atoms with Crippen molar-refractivity contribution in [3.8, 4) is 5.75 Å². The minimum Gasteiger partial charge on any atom is -0.496 e. The molecule has 0 heterocycles. The number of hydrogen-bond donors (Lipinski definition) is 1. The maximum Gasteiger partial charge on any atom is 0.132 e. The van der Waals surface area contributed by atoms with Gasteiger partial charge >= 0.3 is 0 Å². The van der Waals surface area contributed by atoms with Crippen LogP contribution in [0.1, 0.15) is 24.1 Å². The molecule has 0 aliphatic rings. The van der Waals surface area contributed by atoms with Crippen LogP contribution < -0.4 is 10.1 Å². The van der Waals surface area contributed by atoms with Crippen LogP contribution in [0.4, 0.5) is 14.5 Å². The van der Waals surface area contributed by atoms with Gasteiger partial charge in [0.2, 0.25) is 0 Å². The van der Waals surface area contributed by atoms with Gasteiger partial charge in [-0.15, -0.1) is 0 Å². The number of aryl methyl sites for hydroxylation is 1. The van der Waals surface area contributed by atoms with Gasteiger partial charge in [0.1, 0.15) is 17.4 Å². The molecule has 2 nitrogen and oxygen atoms in total. The Balaban J connectivity index is 2.30. The third-order valence-corrected chi connectivity index (χ3v) is 3.09. The van der Waals surface area contributed by atoms with Crippen LogP contribution in [0.2, 0.25) is 0 Å². The van der Waals surface area contributed by atoms with E-state index in [4.69, 9.17) is 4.74 Å². The van der Waals surface area contributed by atoms with Crippen molar-refractivity contribution < 1.29 is 13.5 Å². The minimum atomic E-state index is -0.350. The lowest BCUT2D eigenvalue weighted by Crippen LogP contribution is -2.10. The van der Waals surface area contributed by atoms with Crippen molar-refractivity contribution in [2.24, 2.45) is 0 Å². The van der Waals surface area contributed by atoms with Crippen LogP contribution in [0.3, 0.4) is 0 Å². The van der Waals surface area contributed by atoms with E-state index in [9.17, 15) is 8.78 Å². The third kappa shape index (κ3) is 3.07. The lowest BCUT2D eigenvalue weighted by Gasteiger charge is -2.19. The molecule has 0 fully saturated rings. The molecule has 0 aliphatic carbocycles. The van der Waals surface area contributed by atoms with Crippen molar-refractivity contribution in [1.82, 2.24) is 0 Å². The third-order valence-electron chi connectivity index (χ3n) is 3.09. The summed E-state index contributed by atoms with van der Waals surface area (Å²) in [7, 11) is 1.50. The molecule has 0 radical (unpaired) electrons. The maximum atomic E-state index is 14.0. The fraction of sp³-hybridized carbons (Fsp3) is 0.250. The molecule has 0 amide bonds. The largest absolute Gasteiger partial charge is 0.496 e. The van der Waals surface area contributed by atoms with Crippen molar-refractivity contribution in [2.45, 2.75) is 19.9 Å². The lowest BCUT2D eigenvalue weighted by atomic mass is 10.1. The van der Waals surface area contributed by atoms with E-state index in [0.29, 0.717) is 17.0 Å². The van der Waals surface area contributed by atoms with Gasteiger partial charge in [-0.1, -0.05) is 6.07 Å². The van der Waals surface area contributed by atoms with E-state index in [1.165, 1.54) is 25.3 Å². The summed E-state index contributed by atoms with van der Waals surface area (Å²) in [4.78, 5) is 0. The van der Waals surface area contributed by atoms with Gasteiger partial charge in [0.25, 0.3) is 0 Å². The molecule has 20 heavy (non-hydrogen) atoms. The Hall–Kier alpha value is -2.10. The van der Waals surface area contributed by atoms with Crippen LogP contribution in [0.5, 0.6) is 5.75 Å². The molecular weight excluding hydrogens is 260 g/mol. The van der Waals surface area contributed by atoms with Crippen molar-refractivity contribution in [3.63, 3.8) is 0 Å². The van der Waals surface area contributed by atoms with Crippen molar-refractivity contribution >= 4 is 5.69 Å². The lowest BCUT2D eigenvalue weighted by molar-refractivity contribution is 0.402. The summed E-state index contributed by atoms with van der Waals surface area (Å²) in [5.41, 5.74) is 1.84. The topological polar surface area (TPSA) is 21.3 Å². The molecule has 2 aromatic carbocycles. The summed E-state index contributed by atoms with van der Waals surface area (Å²) >= 11 is 0. The molecule has 0 saturated carbocycles. The number of anilines is 1. The molecule has 0 aromatic heterocycles. The molecule has 0 aliphatic heterocycles. The normalized spacial score (nSPS) is 12.1. The Kier molecular flexibility index (Phi) is 4.23. The van der Waals surface area contributed by atoms with E-state index >= 15 is 0 Å². The molecule has 0 bridgehead atoms. The number of nitrogens with one attached hydrogen (secondary N) is 1. The summed E-state index contributed by atoms with van der Waals surface area (Å²) in [5, 5.41) is 3.10. The number of rotatable bonds is 4. The predicted molar refractivity (Wildman–Crippen MR) is 76.1 cm³/mol. The molecule has 0 spiro atoms. The Morgan fingerprint density at radius 2 is 1.90 bits per heavy atom. The van der Waals surface area contributed by atoms with E-state index < -0.39 is 0 Å². The first-order chi connectivity index (χ1) is 9.51. The van der Waals surface area contributed by atoms with Crippen molar-refractivity contribution in [3.05, 3.63) is 59.2 Å². The molecule has 2 aromatic rings. The number of ether oxygens (including phenoxy) is 1. The van der Waals surface area contributed by atoms with Gasteiger partial charge in [0.15, 0.2) is 0 Å². The van der Waals surface area contributed by atoms with Crippen LogP contribution in [-0.4, -0.2) is 7.11 Å². The predicted octanol–water partition coefficient (Wildman–Crippen LogP) is 4.45. The average Bonchev–Trinajstić information content (AvgIpc) is 2.36. The fourth-order valence-corrected chi connectivity index (χ4v) is 2.26. The van der Waals surface area contributed by atoms with Crippen molar-refractivity contribution in [2.75, 3.05) is 12.4 Å². The summed E-state index contributed by atoms with van der Waals surface area (Å²) in [6.45, 7) is 3.61. The van der Waals surface area contributed by atoms with Gasteiger partial charge in [-0.25, -0.2) is 8.78 Å². The van der Waals surface area contributed by atoms with Gasteiger partial charge in [-0.2, -0.15) is 0 Å². The zero-order chi connectivity index (χ0) is 14.7. The monoisotopic (exact) mass is 277 g/mol. The van der Waals surface area contributed by atoms with Gasteiger partial charge in [-0.3, -0.25) is 0 Å². The highest BCUT2D eigenvalue weighted by molar-refractivity contribution is 5.49. The zero-order valence-corrected chi connectivity index (χ0v) is 11.7. The highest BCUT2D eigenvalue weighted by atomic mass is 19.1. The zero-order valence-electron chi connectivity index (χ0n) is 11.7. The maximum absolute atomic E-state index is 14.0. The highest BCUT2D eigenvalue weighted by Gasteiger charge is 2.16.